The summed E-state index contributed by atoms with van der Waals surface area (Å²) in [4.78, 5) is 13.0. The molecule has 0 amide bonds. The number of hydrogen-bond donors (Lipinski definition) is 2. The Morgan fingerprint density at radius 1 is 1.10 bits per heavy atom. The molecule has 10 nitrogen and oxygen atoms in total. The number of anilines is 2. The third-order valence-electron chi connectivity index (χ3n) is 5.12. The summed E-state index contributed by atoms with van der Waals surface area (Å²) in [6.45, 7) is 2.59. The molecule has 30 heavy (non-hydrogen) atoms. The lowest BCUT2D eigenvalue weighted by Gasteiger charge is -2.34. The fourth-order valence-electron chi connectivity index (χ4n) is 3.43. The van der Waals surface area contributed by atoms with Crippen molar-refractivity contribution in [1.82, 2.24) is 19.4 Å². The van der Waals surface area contributed by atoms with E-state index >= 15 is 0 Å². The van der Waals surface area contributed by atoms with Gasteiger partial charge in [0.2, 0.25) is 5.95 Å². The van der Waals surface area contributed by atoms with Crippen LogP contribution in [0.25, 0.3) is 10.8 Å². The number of ether oxygens (including phenoxy) is 2. The molecule has 1 aliphatic rings. The van der Waals surface area contributed by atoms with Gasteiger partial charge in [-0.2, -0.15) is 13.4 Å². The van der Waals surface area contributed by atoms with Crippen molar-refractivity contribution in [3.05, 3.63) is 36.4 Å². The van der Waals surface area contributed by atoms with Crippen molar-refractivity contribution in [2.45, 2.75) is 4.90 Å². The molecule has 1 saturated heterocycles. The van der Waals surface area contributed by atoms with Gasteiger partial charge in [0.05, 0.1) is 33.1 Å². The number of benzene rings is 2. The SMILES string of the molecule is COc1nc(Nc2cccc3cccc(S(=O)(=O)O)c23)nc([N+]2(C)CCOCC2)n1. The zero-order valence-electron chi connectivity index (χ0n) is 16.6. The Labute approximate surface area is 173 Å². The fraction of sp³-hybridized carbons (Fsp3) is 0.316. The molecular weight excluding hydrogens is 410 g/mol. The van der Waals surface area contributed by atoms with Gasteiger partial charge in [-0.3, -0.25) is 9.04 Å². The maximum atomic E-state index is 11.9. The van der Waals surface area contributed by atoms with E-state index in [0.29, 0.717) is 53.2 Å². The molecule has 1 fully saturated rings. The van der Waals surface area contributed by atoms with Crippen molar-refractivity contribution in [1.29, 1.82) is 0 Å². The Balaban J connectivity index is 1.82. The Morgan fingerprint density at radius 2 is 1.80 bits per heavy atom. The van der Waals surface area contributed by atoms with Crippen LogP contribution in [-0.4, -0.2) is 68.4 Å². The molecule has 0 spiro atoms. The van der Waals surface area contributed by atoms with Gasteiger partial charge in [0.15, 0.2) is 0 Å². The summed E-state index contributed by atoms with van der Waals surface area (Å²) in [5.74, 6) is 0.725. The Morgan fingerprint density at radius 3 is 2.47 bits per heavy atom. The molecule has 1 aliphatic heterocycles. The molecule has 4 rings (SSSR count). The molecule has 0 radical (unpaired) electrons. The standard InChI is InChI=1S/C19H21N5O5S/c1-24(9-11-29-12-10-24)18-21-17(22-19(23-18)28-2)20-14-7-3-5-13-6-4-8-15(16(13)14)30(25,26)27/h3-8H,9-12H2,1-2H3,(H-,20,21,22,23,25,26,27)/p+1. The summed E-state index contributed by atoms with van der Waals surface area (Å²) in [6.07, 6.45) is 0. The van der Waals surface area contributed by atoms with Gasteiger partial charge in [0.1, 0.15) is 18.0 Å². The van der Waals surface area contributed by atoms with Crippen molar-refractivity contribution < 1.29 is 22.4 Å². The molecule has 1 aromatic heterocycles. The molecule has 2 aromatic carbocycles. The van der Waals surface area contributed by atoms with Crippen LogP contribution >= 0.6 is 0 Å². The predicted molar refractivity (Wildman–Crippen MR) is 112 cm³/mol. The fourth-order valence-corrected chi connectivity index (χ4v) is 4.16. The number of nitrogens with one attached hydrogen (secondary N) is 1. The summed E-state index contributed by atoms with van der Waals surface area (Å²) in [6, 6.07) is 10.0. The number of likely N-dealkylation sites (N-methyl/N-ethyl adjacent to an activating group) is 1. The molecule has 0 saturated carbocycles. The molecular formula is C19H22N5O5S+. The lowest BCUT2D eigenvalue weighted by Crippen LogP contribution is -2.54. The average Bonchev–Trinajstić information content (AvgIpc) is 2.73. The molecule has 0 atom stereocenters. The van der Waals surface area contributed by atoms with Gasteiger partial charge in [0, 0.05) is 5.39 Å². The summed E-state index contributed by atoms with van der Waals surface area (Å²) in [5, 5.41) is 4.06. The van der Waals surface area contributed by atoms with Crippen LogP contribution in [0.5, 0.6) is 6.01 Å². The number of morpholine rings is 1. The number of hydrogen-bond acceptors (Lipinski definition) is 8. The largest absolute Gasteiger partial charge is 0.467 e. The second-order valence-corrected chi connectivity index (χ2v) is 8.55. The minimum Gasteiger partial charge on any atom is -0.467 e. The third-order valence-corrected chi connectivity index (χ3v) is 6.01. The quantitative estimate of drug-likeness (QED) is 0.460. The molecule has 158 valence electrons. The summed E-state index contributed by atoms with van der Waals surface area (Å²) < 4.78 is 44.7. The van der Waals surface area contributed by atoms with Crippen LogP contribution in [0, 0.1) is 0 Å². The van der Waals surface area contributed by atoms with Crippen molar-refractivity contribution in [2.24, 2.45) is 0 Å². The van der Waals surface area contributed by atoms with E-state index in [4.69, 9.17) is 9.47 Å². The molecule has 2 heterocycles. The van der Waals surface area contributed by atoms with E-state index in [-0.39, 0.29) is 16.9 Å². The highest BCUT2D eigenvalue weighted by molar-refractivity contribution is 7.86. The topological polar surface area (TPSA) is 124 Å². The maximum Gasteiger partial charge on any atom is 0.336 e. The molecule has 2 N–H and O–H groups in total. The van der Waals surface area contributed by atoms with Crippen molar-refractivity contribution in [3.8, 4) is 6.01 Å². The maximum absolute atomic E-state index is 11.9. The van der Waals surface area contributed by atoms with Gasteiger partial charge in [-0.05, 0) is 17.5 Å². The smallest absolute Gasteiger partial charge is 0.336 e. The number of nitrogens with zero attached hydrogens (tertiary/aromatic N) is 4. The summed E-state index contributed by atoms with van der Waals surface area (Å²) >= 11 is 0. The van der Waals surface area contributed by atoms with E-state index in [2.05, 4.69) is 20.3 Å². The highest BCUT2D eigenvalue weighted by Gasteiger charge is 2.33. The van der Waals surface area contributed by atoms with Crippen LogP contribution in [-0.2, 0) is 14.9 Å². The van der Waals surface area contributed by atoms with E-state index in [1.165, 1.54) is 13.2 Å². The van der Waals surface area contributed by atoms with Crippen molar-refractivity contribution in [3.63, 3.8) is 0 Å². The number of methoxy groups -OCH3 is 1. The summed E-state index contributed by atoms with van der Waals surface area (Å²) in [7, 11) is -0.949. The second kappa shape index (κ2) is 7.76. The minimum absolute atomic E-state index is 0.142. The van der Waals surface area contributed by atoms with Gasteiger partial charge in [-0.1, -0.05) is 24.3 Å². The molecule has 11 heteroatoms. The van der Waals surface area contributed by atoms with E-state index in [1.54, 1.807) is 30.3 Å². The summed E-state index contributed by atoms with van der Waals surface area (Å²) in [5.41, 5.74) is 0.435. The molecule has 0 aliphatic carbocycles. The van der Waals surface area contributed by atoms with E-state index in [1.807, 2.05) is 7.05 Å². The van der Waals surface area contributed by atoms with Gasteiger partial charge in [-0.15, -0.1) is 9.97 Å². The predicted octanol–water partition coefficient (Wildman–Crippen LogP) is 1.99. The van der Waals surface area contributed by atoms with Crippen LogP contribution in [0.3, 0.4) is 0 Å². The second-order valence-electron chi connectivity index (χ2n) is 7.16. The van der Waals surface area contributed by atoms with Gasteiger partial charge >= 0.3 is 12.0 Å². The first-order valence-corrected chi connectivity index (χ1v) is 10.7. The van der Waals surface area contributed by atoms with E-state index < -0.39 is 10.1 Å². The highest BCUT2D eigenvalue weighted by Crippen LogP contribution is 2.32. The number of aromatic nitrogens is 3. The first kappa shape index (κ1) is 20.4. The van der Waals surface area contributed by atoms with Gasteiger partial charge < -0.3 is 14.8 Å². The van der Waals surface area contributed by atoms with E-state index in [0.717, 1.165) is 0 Å². The van der Waals surface area contributed by atoms with Crippen molar-refractivity contribution >= 4 is 38.5 Å². The highest BCUT2D eigenvalue weighted by atomic mass is 32.2. The van der Waals surface area contributed by atoms with Crippen LogP contribution in [0.2, 0.25) is 0 Å². The molecule has 0 bridgehead atoms. The first-order chi connectivity index (χ1) is 14.3. The molecule has 0 unspecified atom stereocenters. The Kier molecular flexibility index (Phi) is 5.28. The number of quaternary nitrogens is 1. The monoisotopic (exact) mass is 432 g/mol. The lowest BCUT2D eigenvalue weighted by atomic mass is 10.1. The Bertz CT molecular complexity index is 1190. The zero-order chi connectivity index (χ0) is 21.4. The van der Waals surface area contributed by atoms with Gasteiger partial charge in [0.25, 0.3) is 10.1 Å². The zero-order valence-corrected chi connectivity index (χ0v) is 17.4. The normalized spacial score (nSPS) is 16.4. The lowest BCUT2D eigenvalue weighted by molar-refractivity contribution is 0.0493. The first-order valence-electron chi connectivity index (χ1n) is 9.29. The minimum atomic E-state index is -4.43. The van der Waals surface area contributed by atoms with Crippen LogP contribution in [0.15, 0.2) is 41.3 Å². The average molecular weight is 432 g/mol. The van der Waals surface area contributed by atoms with Crippen molar-refractivity contribution in [2.75, 3.05) is 45.8 Å². The Hall–Kier alpha value is -2.86. The third kappa shape index (κ3) is 3.92. The molecule has 3 aromatic rings. The van der Waals surface area contributed by atoms with Gasteiger partial charge in [-0.25, -0.2) is 0 Å². The number of rotatable bonds is 5. The van der Waals surface area contributed by atoms with Crippen LogP contribution in [0.4, 0.5) is 17.6 Å². The van der Waals surface area contributed by atoms with E-state index in [9.17, 15) is 13.0 Å². The number of fused-ring (bicyclic) bond motifs is 1. The van der Waals surface area contributed by atoms with Crippen LogP contribution in [0.1, 0.15) is 0 Å². The van der Waals surface area contributed by atoms with Crippen LogP contribution < -0.4 is 14.5 Å².